The van der Waals surface area contributed by atoms with Gasteiger partial charge >= 0.3 is 0 Å². The molecule has 3 aliphatic rings. The van der Waals surface area contributed by atoms with E-state index in [2.05, 4.69) is 32.4 Å². The van der Waals surface area contributed by atoms with Crippen LogP contribution in [0.1, 0.15) is 44.6 Å². The molecule has 0 aromatic carbocycles. The van der Waals surface area contributed by atoms with Crippen LogP contribution in [0.3, 0.4) is 0 Å². The number of aromatic nitrogens is 4. The van der Waals surface area contributed by atoms with Gasteiger partial charge in [0.15, 0.2) is 17.0 Å². The molecule has 2 fully saturated rings. The zero-order chi connectivity index (χ0) is 22.1. The molecule has 2 unspecified atom stereocenters. The van der Waals surface area contributed by atoms with Gasteiger partial charge in [-0.05, 0) is 32.1 Å². The topological polar surface area (TPSA) is 128 Å². The maximum atomic E-state index is 12.4. The predicted octanol–water partition coefficient (Wildman–Crippen LogP) is 1.93. The standard InChI is InChI=1S/C21H31N7O3S/c22-21-25-19(24-16-5-6-16)18-20(26-21)28(14-23-18)17-7-4-15(12-17)13-31-10-11-32(29,30)27-8-2-1-3-9-27/h4,7,14-17H,1-3,5-6,8-13H2,(H3,22,24,25,26). The highest BCUT2D eigenvalue weighted by molar-refractivity contribution is 7.89. The van der Waals surface area contributed by atoms with E-state index in [4.69, 9.17) is 10.5 Å². The van der Waals surface area contributed by atoms with E-state index >= 15 is 0 Å². The first-order valence-corrected chi connectivity index (χ1v) is 13.1. The monoisotopic (exact) mass is 461 g/mol. The number of nitrogens with one attached hydrogen (secondary N) is 1. The molecule has 0 spiro atoms. The number of nitrogens with zero attached hydrogens (tertiary/aromatic N) is 5. The average Bonchev–Trinajstić information content (AvgIpc) is 3.30. The summed E-state index contributed by atoms with van der Waals surface area (Å²) in [6.45, 7) is 2.00. The summed E-state index contributed by atoms with van der Waals surface area (Å²) in [4.78, 5) is 13.3. The number of nitrogens with two attached hydrogens (primary N) is 1. The quantitative estimate of drug-likeness (QED) is 0.428. The molecule has 32 heavy (non-hydrogen) atoms. The van der Waals surface area contributed by atoms with Gasteiger partial charge in [-0.25, -0.2) is 17.7 Å². The van der Waals surface area contributed by atoms with Gasteiger partial charge in [0.1, 0.15) is 0 Å². The summed E-state index contributed by atoms with van der Waals surface area (Å²) in [5.41, 5.74) is 7.42. The summed E-state index contributed by atoms with van der Waals surface area (Å²) in [6, 6.07) is 0.554. The first-order valence-electron chi connectivity index (χ1n) is 11.5. The van der Waals surface area contributed by atoms with Crippen LogP contribution in [-0.4, -0.2) is 70.3 Å². The number of fused-ring (bicyclic) bond motifs is 1. The van der Waals surface area contributed by atoms with Crippen molar-refractivity contribution in [2.24, 2.45) is 5.92 Å². The van der Waals surface area contributed by atoms with E-state index in [0.717, 1.165) is 49.7 Å². The van der Waals surface area contributed by atoms with Crippen LogP contribution < -0.4 is 11.1 Å². The number of allylic oxidation sites excluding steroid dienone is 1. The molecule has 3 N–H and O–H groups in total. The molecule has 5 rings (SSSR count). The Balaban J connectivity index is 1.15. The molecule has 2 aliphatic carbocycles. The molecular weight excluding hydrogens is 430 g/mol. The maximum Gasteiger partial charge on any atom is 0.224 e. The molecule has 0 bridgehead atoms. The van der Waals surface area contributed by atoms with Crippen LogP contribution in [0, 0.1) is 5.92 Å². The average molecular weight is 462 g/mol. The second kappa shape index (κ2) is 8.95. The van der Waals surface area contributed by atoms with Crippen LogP contribution in [-0.2, 0) is 14.8 Å². The van der Waals surface area contributed by atoms with Crippen molar-refractivity contribution in [3.8, 4) is 0 Å². The number of imidazole rings is 1. The molecular formula is C21H31N7O3S. The van der Waals surface area contributed by atoms with Crippen LogP contribution in [0.15, 0.2) is 18.5 Å². The van der Waals surface area contributed by atoms with E-state index in [1.54, 1.807) is 10.6 Å². The lowest BCUT2D eigenvalue weighted by Gasteiger charge is -2.25. The number of anilines is 2. The van der Waals surface area contributed by atoms with E-state index in [9.17, 15) is 8.42 Å². The Morgan fingerprint density at radius 2 is 1.97 bits per heavy atom. The third-order valence-electron chi connectivity index (χ3n) is 6.39. The number of sulfonamides is 1. The Morgan fingerprint density at radius 1 is 1.16 bits per heavy atom. The fourth-order valence-electron chi connectivity index (χ4n) is 4.45. The van der Waals surface area contributed by atoms with E-state index in [1.807, 2.05) is 4.57 Å². The highest BCUT2D eigenvalue weighted by Gasteiger charge is 2.27. The van der Waals surface area contributed by atoms with Crippen molar-refractivity contribution in [1.29, 1.82) is 0 Å². The Bertz CT molecular complexity index is 1090. The number of ether oxygens (including phenoxy) is 1. The number of hydrogen-bond acceptors (Lipinski definition) is 8. The van der Waals surface area contributed by atoms with Gasteiger partial charge in [0.2, 0.25) is 16.0 Å². The summed E-state index contributed by atoms with van der Waals surface area (Å²) in [5.74, 6) is 1.20. The minimum atomic E-state index is -3.22. The van der Waals surface area contributed by atoms with E-state index in [0.29, 0.717) is 31.6 Å². The summed E-state index contributed by atoms with van der Waals surface area (Å²) in [5, 5.41) is 3.38. The van der Waals surface area contributed by atoms with Crippen LogP contribution in [0.25, 0.3) is 11.2 Å². The van der Waals surface area contributed by atoms with Gasteiger partial charge in [0.25, 0.3) is 0 Å². The van der Waals surface area contributed by atoms with Gasteiger partial charge in [-0.2, -0.15) is 9.97 Å². The third-order valence-corrected chi connectivity index (χ3v) is 8.22. The van der Waals surface area contributed by atoms with Crippen molar-refractivity contribution in [1.82, 2.24) is 23.8 Å². The van der Waals surface area contributed by atoms with Crippen LogP contribution in [0.4, 0.5) is 11.8 Å². The molecule has 0 radical (unpaired) electrons. The number of nitrogen functional groups attached to an aromatic ring is 1. The van der Waals surface area contributed by atoms with Gasteiger partial charge < -0.3 is 20.4 Å². The number of hydrogen-bond donors (Lipinski definition) is 2. The van der Waals surface area contributed by atoms with Crippen molar-refractivity contribution in [2.75, 3.05) is 43.1 Å². The Hall–Kier alpha value is -2.24. The fraction of sp³-hybridized carbons (Fsp3) is 0.667. The van der Waals surface area contributed by atoms with Gasteiger partial charge in [0, 0.05) is 25.0 Å². The highest BCUT2D eigenvalue weighted by Crippen LogP contribution is 2.33. The molecule has 1 saturated carbocycles. The Labute approximate surface area is 188 Å². The zero-order valence-corrected chi connectivity index (χ0v) is 19.0. The van der Waals surface area contributed by atoms with Crippen molar-refractivity contribution < 1.29 is 13.2 Å². The minimum absolute atomic E-state index is 0.0476. The normalized spacial score (nSPS) is 24.4. The van der Waals surface area contributed by atoms with Gasteiger partial charge in [0.05, 0.1) is 31.3 Å². The van der Waals surface area contributed by atoms with Crippen molar-refractivity contribution in [2.45, 2.75) is 50.6 Å². The zero-order valence-electron chi connectivity index (χ0n) is 18.2. The molecule has 1 saturated heterocycles. The number of piperidine rings is 1. The van der Waals surface area contributed by atoms with Crippen LogP contribution >= 0.6 is 0 Å². The summed E-state index contributed by atoms with van der Waals surface area (Å²) in [7, 11) is -3.22. The largest absolute Gasteiger partial charge is 0.380 e. The van der Waals surface area contributed by atoms with E-state index in [-0.39, 0.29) is 30.3 Å². The first kappa shape index (κ1) is 21.6. The molecule has 1 aliphatic heterocycles. The Kier molecular flexibility index (Phi) is 6.04. The molecule has 2 atom stereocenters. The molecule has 3 heterocycles. The summed E-state index contributed by atoms with van der Waals surface area (Å²) >= 11 is 0. The SMILES string of the molecule is Nc1nc(NC2CC2)c2ncn(C3C=CC(COCCS(=O)(=O)N4CCCCC4)C3)c2n1. The minimum Gasteiger partial charge on any atom is -0.380 e. The fourth-order valence-corrected chi connectivity index (χ4v) is 5.85. The van der Waals surface area contributed by atoms with E-state index < -0.39 is 10.0 Å². The van der Waals surface area contributed by atoms with Gasteiger partial charge in [-0.15, -0.1) is 0 Å². The molecule has 174 valence electrons. The highest BCUT2D eigenvalue weighted by atomic mass is 32.2. The van der Waals surface area contributed by atoms with Gasteiger partial charge in [-0.3, -0.25) is 0 Å². The van der Waals surface area contributed by atoms with E-state index in [1.165, 1.54) is 0 Å². The predicted molar refractivity (Wildman–Crippen MR) is 123 cm³/mol. The van der Waals surface area contributed by atoms with Crippen molar-refractivity contribution in [3.05, 3.63) is 18.5 Å². The van der Waals surface area contributed by atoms with Crippen molar-refractivity contribution >= 4 is 33.0 Å². The summed E-state index contributed by atoms with van der Waals surface area (Å²) < 4.78 is 34.3. The van der Waals surface area contributed by atoms with Crippen LogP contribution in [0.5, 0.6) is 0 Å². The molecule has 2 aromatic heterocycles. The molecule has 10 nitrogen and oxygen atoms in total. The number of rotatable bonds is 9. The molecule has 11 heteroatoms. The molecule has 0 amide bonds. The first-order chi connectivity index (χ1) is 15.5. The van der Waals surface area contributed by atoms with Gasteiger partial charge in [-0.1, -0.05) is 18.6 Å². The van der Waals surface area contributed by atoms with Crippen molar-refractivity contribution in [3.63, 3.8) is 0 Å². The second-order valence-electron chi connectivity index (χ2n) is 8.97. The summed E-state index contributed by atoms with van der Waals surface area (Å²) in [6.07, 6.45) is 12.2. The third kappa shape index (κ3) is 4.74. The Morgan fingerprint density at radius 3 is 2.75 bits per heavy atom. The lowest BCUT2D eigenvalue weighted by molar-refractivity contribution is 0.122. The lowest BCUT2D eigenvalue weighted by atomic mass is 10.1. The maximum absolute atomic E-state index is 12.4. The second-order valence-corrected chi connectivity index (χ2v) is 11.1. The lowest BCUT2D eigenvalue weighted by Crippen LogP contribution is -2.38. The molecule has 2 aromatic rings. The van der Waals surface area contributed by atoms with Crippen LogP contribution in [0.2, 0.25) is 0 Å². The smallest absolute Gasteiger partial charge is 0.224 e.